The highest BCUT2D eigenvalue weighted by atomic mass is 32.1. The number of aliphatic hydroxyl groups excluding tert-OH is 2. The number of ether oxygens (including phenoxy) is 1. The molecule has 2 rings (SSSR count). The van der Waals surface area contributed by atoms with Crippen molar-refractivity contribution in [1.29, 1.82) is 0 Å². The highest BCUT2D eigenvalue weighted by Gasteiger charge is 2.52. The van der Waals surface area contributed by atoms with Crippen molar-refractivity contribution in [3.63, 3.8) is 0 Å². The second kappa shape index (κ2) is 12.0. The zero-order valence-electron chi connectivity index (χ0n) is 22.2. The van der Waals surface area contributed by atoms with Gasteiger partial charge < -0.3 is 14.9 Å². The summed E-state index contributed by atoms with van der Waals surface area (Å²) in [4.78, 5) is 7.53. The van der Waals surface area contributed by atoms with Crippen LogP contribution in [0, 0.1) is 24.2 Å². The molecule has 0 radical (unpaired) electrons. The molecule has 1 saturated heterocycles. The van der Waals surface area contributed by atoms with Gasteiger partial charge in [-0.25, -0.2) is 4.98 Å². The first kappa shape index (κ1) is 28.8. The minimum absolute atomic E-state index is 0.0644. The number of aromatic nitrogens is 1. The van der Waals surface area contributed by atoms with Crippen LogP contribution in [0.2, 0.25) is 0 Å². The van der Waals surface area contributed by atoms with Crippen molar-refractivity contribution in [1.82, 2.24) is 4.98 Å². The van der Waals surface area contributed by atoms with E-state index in [0.717, 1.165) is 42.0 Å². The maximum atomic E-state index is 10.8. The van der Waals surface area contributed by atoms with Crippen LogP contribution in [0.3, 0.4) is 0 Å². The molecule has 0 bridgehead atoms. The lowest BCUT2D eigenvalue weighted by Gasteiger charge is -2.34. The van der Waals surface area contributed by atoms with Crippen molar-refractivity contribution in [2.24, 2.45) is 22.4 Å². The Bertz CT molecular complexity index is 877. The molecule has 7 atom stereocenters. The average molecular weight is 493 g/mol. The monoisotopic (exact) mass is 492 g/mol. The van der Waals surface area contributed by atoms with E-state index in [1.165, 1.54) is 0 Å². The molecule has 1 aliphatic rings. The summed E-state index contributed by atoms with van der Waals surface area (Å²) in [6.07, 6.45) is 5.52. The van der Waals surface area contributed by atoms with Crippen molar-refractivity contribution >= 4 is 17.4 Å². The Morgan fingerprint density at radius 1 is 1.35 bits per heavy atom. The Balaban J connectivity index is 1.84. The van der Waals surface area contributed by atoms with Gasteiger partial charge in [-0.1, -0.05) is 44.8 Å². The van der Waals surface area contributed by atoms with Crippen LogP contribution >= 0.6 is 11.3 Å². The van der Waals surface area contributed by atoms with Crippen LogP contribution in [0.15, 0.2) is 16.1 Å². The zero-order valence-corrected chi connectivity index (χ0v) is 23.0. The summed E-state index contributed by atoms with van der Waals surface area (Å²) in [6.45, 7) is 16.2. The largest absolute Gasteiger partial charge is 0.393 e. The number of hydrogen-bond donors (Lipinski definition) is 2. The number of azide groups is 1. The lowest BCUT2D eigenvalue weighted by atomic mass is 9.75. The molecular formula is C26H44N4O3S. The first-order valence-electron chi connectivity index (χ1n) is 12.5. The van der Waals surface area contributed by atoms with Crippen LogP contribution in [0.1, 0.15) is 91.3 Å². The lowest BCUT2D eigenvalue weighted by Crippen LogP contribution is -2.34. The normalized spacial score (nSPS) is 25.2. The van der Waals surface area contributed by atoms with E-state index in [9.17, 15) is 10.2 Å². The SMILES string of the molecule is C/C(=C\c1csc(C)n1)C(CC1OC1(C)CCCC(C)C(O)C(C)CC(C)(C)C(C)O)N=[N+]=[N-]. The maximum Gasteiger partial charge on any atom is 0.0920 e. The Morgan fingerprint density at radius 2 is 2.03 bits per heavy atom. The molecule has 2 N–H and O–H groups in total. The smallest absolute Gasteiger partial charge is 0.0920 e. The predicted octanol–water partition coefficient (Wildman–Crippen LogP) is 6.68. The molecular weight excluding hydrogens is 448 g/mol. The molecule has 34 heavy (non-hydrogen) atoms. The van der Waals surface area contributed by atoms with Gasteiger partial charge in [-0.05, 0) is 82.2 Å². The van der Waals surface area contributed by atoms with Crippen LogP contribution in [0.5, 0.6) is 0 Å². The second-order valence-electron chi connectivity index (χ2n) is 11.3. The number of hydrogen-bond acceptors (Lipinski definition) is 6. The Kier molecular flexibility index (Phi) is 10.2. The molecule has 0 saturated carbocycles. The topological polar surface area (TPSA) is 115 Å². The van der Waals surface area contributed by atoms with E-state index < -0.39 is 12.2 Å². The van der Waals surface area contributed by atoms with Crippen LogP contribution in [-0.4, -0.2) is 45.2 Å². The molecule has 0 amide bonds. The van der Waals surface area contributed by atoms with Crippen molar-refractivity contribution in [3.8, 4) is 0 Å². The predicted molar refractivity (Wildman–Crippen MR) is 140 cm³/mol. The van der Waals surface area contributed by atoms with Crippen LogP contribution in [-0.2, 0) is 4.74 Å². The molecule has 1 aliphatic heterocycles. The minimum Gasteiger partial charge on any atom is -0.393 e. The van der Waals surface area contributed by atoms with E-state index in [1.807, 2.05) is 32.2 Å². The van der Waals surface area contributed by atoms with Gasteiger partial charge in [0, 0.05) is 10.3 Å². The number of epoxide rings is 1. The average Bonchev–Trinajstić information content (AvgIpc) is 3.19. The highest BCUT2D eigenvalue weighted by molar-refractivity contribution is 7.09. The van der Waals surface area contributed by atoms with E-state index in [1.54, 1.807) is 11.3 Å². The molecule has 1 aromatic heterocycles. The third-order valence-corrected chi connectivity index (χ3v) is 8.47. The molecule has 1 fully saturated rings. The van der Waals surface area contributed by atoms with Crippen LogP contribution < -0.4 is 0 Å². The fourth-order valence-corrected chi connectivity index (χ4v) is 5.37. The number of aliphatic hydroxyl groups is 2. The maximum absolute atomic E-state index is 10.8. The highest BCUT2D eigenvalue weighted by Crippen LogP contribution is 2.45. The van der Waals surface area contributed by atoms with Gasteiger partial charge >= 0.3 is 0 Å². The number of nitrogens with zero attached hydrogens (tertiary/aromatic N) is 4. The fourth-order valence-electron chi connectivity index (χ4n) is 4.80. The van der Waals surface area contributed by atoms with Gasteiger partial charge in [0.1, 0.15) is 0 Å². The van der Waals surface area contributed by atoms with E-state index >= 15 is 0 Å². The first-order chi connectivity index (χ1) is 15.8. The van der Waals surface area contributed by atoms with E-state index in [2.05, 4.69) is 49.6 Å². The summed E-state index contributed by atoms with van der Waals surface area (Å²) in [5, 5.41) is 27.8. The minimum atomic E-state index is -0.403. The van der Waals surface area contributed by atoms with Gasteiger partial charge in [-0.15, -0.1) is 11.3 Å². The van der Waals surface area contributed by atoms with Crippen LogP contribution in [0.25, 0.3) is 16.5 Å². The summed E-state index contributed by atoms with van der Waals surface area (Å²) >= 11 is 1.60. The van der Waals surface area contributed by atoms with Crippen LogP contribution in [0.4, 0.5) is 0 Å². The van der Waals surface area contributed by atoms with E-state index in [4.69, 9.17) is 10.3 Å². The third kappa shape index (κ3) is 8.06. The summed E-state index contributed by atoms with van der Waals surface area (Å²) in [7, 11) is 0. The molecule has 8 heteroatoms. The molecule has 1 aromatic rings. The van der Waals surface area contributed by atoms with Crippen molar-refractivity contribution in [3.05, 3.63) is 32.1 Å². The summed E-state index contributed by atoms with van der Waals surface area (Å²) in [6, 6.07) is -0.252. The second-order valence-corrected chi connectivity index (χ2v) is 12.3. The Hall–Kier alpha value is -1.44. The summed E-state index contributed by atoms with van der Waals surface area (Å²) < 4.78 is 6.05. The van der Waals surface area contributed by atoms with Gasteiger partial charge in [0.05, 0.1) is 40.7 Å². The Labute approximate surface area is 209 Å². The van der Waals surface area contributed by atoms with E-state index in [-0.39, 0.29) is 35.0 Å². The summed E-state index contributed by atoms with van der Waals surface area (Å²) in [5.74, 6) is 0.310. The molecule has 192 valence electrons. The van der Waals surface area contributed by atoms with Gasteiger partial charge in [-0.3, -0.25) is 0 Å². The molecule has 2 heterocycles. The van der Waals surface area contributed by atoms with Gasteiger partial charge in [-0.2, -0.15) is 0 Å². The van der Waals surface area contributed by atoms with E-state index in [0.29, 0.717) is 6.42 Å². The zero-order chi connectivity index (χ0) is 25.7. The standard InChI is InChI=1S/C26H44N4O3S/c1-16(24(32)18(3)14-25(6,7)19(4)31)10-9-11-26(8)23(33-26)13-22(29-30-27)17(2)12-21-15-34-20(5)28-21/h12,15-16,18-19,22-24,31-32H,9-11,13-14H2,1-8H3/b17-12+. The van der Waals surface area contributed by atoms with Gasteiger partial charge in [0.25, 0.3) is 0 Å². The molecule has 0 aromatic carbocycles. The molecule has 7 nitrogen and oxygen atoms in total. The Morgan fingerprint density at radius 3 is 2.59 bits per heavy atom. The van der Waals surface area contributed by atoms with Gasteiger partial charge in [0.2, 0.25) is 0 Å². The van der Waals surface area contributed by atoms with Crippen molar-refractivity contribution < 1.29 is 14.9 Å². The number of rotatable bonds is 14. The van der Waals surface area contributed by atoms with Crippen molar-refractivity contribution in [2.45, 2.75) is 117 Å². The summed E-state index contributed by atoms with van der Waals surface area (Å²) in [5.41, 5.74) is 10.5. The lowest BCUT2D eigenvalue weighted by molar-refractivity contribution is 0.00165. The first-order valence-corrected chi connectivity index (χ1v) is 13.4. The van der Waals surface area contributed by atoms with Crippen molar-refractivity contribution in [2.75, 3.05) is 0 Å². The number of thiazole rings is 1. The third-order valence-electron chi connectivity index (χ3n) is 7.68. The fraction of sp³-hybridized carbons (Fsp3) is 0.808. The molecule has 7 unspecified atom stereocenters. The molecule has 0 spiro atoms. The number of aryl methyl sites for hydroxylation is 1. The quantitative estimate of drug-likeness (QED) is 0.130. The van der Waals surface area contributed by atoms with Gasteiger partial charge in [0.15, 0.2) is 0 Å². The molecule has 0 aliphatic carbocycles.